The number of fused-ring (bicyclic) bond motifs is 1. The number of aromatic amines is 1. The molecule has 4 nitrogen and oxygen atoms in total. The second kappa shape index (κ2) is 6.67. The predicted molar refractivity (Wildman–Crippen MR) is 93.5 cm³/mol. The summed E-state index contributed by atoms with van der Waals surface area (Å²) in [6.07, 6.45) is 0. The smallest absolute Gasteiger partial charge is 0.280 e. The highest BCUT2D eigenvalue weighted by Crippen LogP contribution is 2.34. The lowest BCUT2D eigenvalue weighted by atomic mass is 9.97. The summed E-state index contributed by atoms with van der Waals surface area (Å²) in [7, 11) is 1.70. The minimum Gasteiger partial charge on any atom is -0.497 e. The number of ether oxygens (including phenoxy) is 1. The number of aromatic nitrogens is 1. The molecule has 0 atom stereocenters. The van der Waals surface area contributed by atoms with Gasteiger partial charge in [0.2, 0.25) is 0 Å². The number of quaternary nitrogens is 1. The van der Waals surface area contributed by atoms with Gasteiger partial charge in [-0.05, 0) is 30.7 Å². The molecule has 0 unspecified atom stereocenters. The molecule has 0 spiro atoms. The zero-order valence-corrected chi connectivity index (χ0v) is 13.6. The SMILES string of the molecule is COc1ccc2c(NCC[NH3+])[nH+]c(C)c(-c3ccccc3)c2c1. The lowest BCUT2D eigenvalue weighted by Crippen LogP contribution is -2.53. The molecule has 5 N–H and O–H groups in total. The van der Waals surface area contributed by atoms with Crippen LogP contribution in [0, 0.1) is 6.92 Å². The highest BCUT2D eigenvalue weighted by molar-refractivity contribution is 6.02. The van der Waals surface area contributed by atoms with Crippen LogP contribution in [0.15, 0.2) is 48.5 Å². The summed E-state index contributed by atoms with van der Waals surface area (Å²) in [4.78, 5) is 3.51. The number of rotatable bonds is 5. The van der Waals surface area contributed by atoms with Gasteiger partial charge in [0, 0.05) is 10.9 Å². The molecule has 4 heteroatoms. The lowest BCUT2D eigenvalue weighted by Gasteiger charge is -2.12. The molecule has 0 amide bonds. The molecular formula is C19H23N3O+2. The summed E-state index contributed by atoms with van der Waals surface area (Å²) >= 11 is 0. The summed E-state index contributed by atoms with van der Waals surface area (Å²) in [5.41, 5.74) is 7.43. The highest BCUT2D eigenvalue weighted by atomic mass is 16.5. The van der Waals surface area contributed by atoms with E-state index in [1.807, 2.05) is 12.1 Å². The Morgan fingerprint density at radius 1 is 1.09 bits per heavy atom. The number of hydrogen-bond acceptors (Lipinski definition) is 2. The van der Waals surface area contributed by atoms with Crippen molar-refractivity contribution in [1.82, 2.24) is 0 Å². The third-order valence-electron chi connectivity index (χ3n) is 3.99. The molecule has 1 heterocycles. The van der Waals surface area contributed by atoms with Crippen LogP contribution >= 0.6 is 0 Å². The van der Waals surface area contributed by atoms with Gasteiger partial charge < -0.3 is 10.5 Å². The first-order valence-corrected chi connectivity index (χ1v) is 7.86. The van der Waals surface area contributed by atoms with Crippen LogP contribution in [-0.2, 0) is 0 Å². The molecule has 0 aliphatic heterocycles. The van der Waals surface area contributed by atoms with Crippen LogP contribution in [0.5, 0.6) is 5.75 Å². The van der Waals surface area contributed by atoms with Crippen LogP contribution in [0.25, 0.3) is 21.9 Å². The Labute approximate surface area is 136 Å². The number of pyridine rings is 1. The minimum atomic E-state index is 0.835. The van der Waals surface area contributed by atoms with Crippen molar-refractivity contribution < 1.29 is 15.5 Å². The number of benzene rings is 2. The van der Waals surface area contributed by atoms with Gasteiger partial charge in [-0.3, -0.25) is 5.32 Å². The van der Waals surface area contributed by atoms with Gasteiger partial charge in [-0.1, -0.05) is 30.3 Å². The van der Waals surface area contributed by atoms with Gasteiger partial charge in [0.1, 0.15) is 24.5 Å². The van der Waals surface area contributed by atoms with Crippen molar-refractivity contribution in [3.63, 3.8) is 0 Å². The number of H-pyrrole nitrogens is 1. The fraction of sp³-hybridized carbons (Fsp3) is 0.211. The predicted octanol–water partition coefficient (Wildman–Crippen LogP) is 2.29. The Morgan fingerprint density at radius 3 is 2.57 bits per heavy atom. The van der Waals surface area contributed by atoms with Crippen molar-refractivity contribution in [2.24, 2.45) is 0 Å². The van der Waals surface area contributed by atoms with Gasteiger partial charge in [-0.25, -0.2) is 4.98 Å². The maximum atomic E-state index is 5.43. The first-order valence-electron chi connectivity index (χ1n) is 7.86. The molecule has 0 radical (unpaired) electrons. The monoisotopic (exact) mass is 309 g/mol. The number of methoxy groups -OCH3 is 1. The van der Waals surface area contributed by atoms with Gasteiger partial charge >= 0.3 is 0 Å². The number of aryl methyl sites for hydroxylation is 1. The zero-order chi connectivity index (χ0) is 16.2. The fourth-order valence-corrected chi connectivity index (χ4v) is 2.92. The molecule has 0 fully saturated rings. The Bertz CT molecular complexity index is 816. The second-order valence-electron chi connectivity index (χ2n) is 5.56. The number of hydrogen-bond donors (Lipinski definition) is 2. The third kappa shape index (κ3) is 2.98. The van der Waals surface area contributed by atoms with Crippen molar-refractivity contribution in [1.29, 1.82) is 0 Å². The molecule has 0 aliphatic rings. The van der Waals surface area contributed by atoms with E-state index in [0.717, 1.165) is 35.7 Å². The van der Waals surface area contributed by atoms with E-state index < -0.39 is 0 Å². The maximum Gasteiger partial charge on any atom is 0.280 e. The molecule has 1 aromatic heterocycles. The molecule has 0 saturated carbocycles. The highest BCUT2D eigenvalue weighted by Gasteiger charge is 2.17. The van der Waals surface area contributed by atoms with E-state index in [1.54, 1.807) is 7.11 Å². The van der Waals surface area contributed by atoms with E-state index >= 15 is 0 Å². The molecule has 0 aliphatic carbocycles. The Kier molecular flexibility index (Phi) is 4.44. The molecular weight excluding hydrogens is 286 g/mol. The Balaban J connectivity index is 2.28. The summed E-state index contributed by atoms with van der Waals surface area (Å²) in [5, 5.41) is 5.77. The van der Waals surface area contributed by atoms with Crippen molar-refractivity contribution >= 4 is 16.6 Å². The van der Waals surface area contributed by atoms with Crippen LogP contribution in [0.1, 0.15) is 5.69 Å². The maximum absolute atomic E-state index is 5.43. The third-order valence-corrected chi connectivity index (χ3v) is 3.99. The lowest BCUT2D eigenvalue weighted by molar-refractivity contribution is -0.373. The normalized spacial score (nSPS) is 10.7. The van der Waals surface area contributed by atoms with Crippen molar-refractivity contribution in [2.45, 2.75) is 6.92 Å². The summed E-state index contributed by atoms with van der Waals surface area (Å²) in [6.45, 7) is 3.78. The van der Waals surface area contributed by atoms with Gasteiger partial charge in [-0.15, -0.1) is 0 Å². The van der Waals surface area contributed by atoms with Gasteiger partial charge in [0.25, 0.3) is 5.82 Å². The second-order valence-corrected chi connectivity index (χ2v) is 5.56. The van der Waals surface area contributed by atoms with Crippen LogP contribution in [-0.4, -0.2) is 20.2 Å². The van der Waals surface area contributed by atoms with E-state index in [4.69, 9.17) is 4.74 Å². The molecule has 0 bridgehead atoms. The Morgan fingerprint density at radius 2 is 1.87 bits per heavy atom. The standard InChI is InChI=1S/C19H21N3O/c1-13-18(14-6-4-3-5-7-14)17-12-15(23-2)8-9-16(17)19(22-13)21-11-10-20/h3-9,12H,10-11,20H2,1-2H3,(H,21,22)/p+2. The minimum absolute atomic E-state index is 0.835. The first-order chi connectivity index (χ1) is 11.2. The quantitative estimate of drug-likeness (QED) is 0.759. The van der Waals surface area contributed by atoms with E-state index in [2.05, 4.69) is 59.4 Å². The average molecular weight is 309 g/mol. The van der Waals surface area contributed by atoms with E-state index in [1.165, 1.54) is 16.5 Å². The van der Waals surface area contributed by atoms with Crippen LogP contribution in [0.4, 0.5) is 5.82 Å². The number of anilines is 1. The first kappa shape index (κ1) is 15.3. The van der Waals surface area contributed by atoms with Crippen molar-refractivity contribution in [3.05, 3.63) is 54.2 Å². The summed E-state index contributed by atoms with van der Waals surface area (Å²) in [6, 6.07) is 16.6. The van der Waals surface area contributed by atoms with Crippen molar-refractivity contribution in [2.75, 3.05) is 25.5 Å². The molecule has 2 aromatic carbocycles. The van der Waals surface area contributed by atoms with Gasteiger partial charge in [0.05, 0.1) is 12.5 Å². The molecule has 23 heavy (non-hydrogen) atoms. The Hall–Kier alpha value is -2.59. The van der Waals surface area contributed by atoms with Crippen LogP contribution in [0.3, 0.4) is 0 Å². The molecule has 3 aromatic rings. The van der Waals surface area contributed by atoms with Crippen LogP contribution < -0.4 is 20.8 Å². The van der Waals surface area contributed by atoms with Crippen molar-refractivity contribution in [3.8, 4) is 16.9 Å². The summed E-state index contributed by atoms with van der Waals surface area (Å²) < 4.78 is 5.43. The molecule has 3 rings (SSSR count). The van der Waals surface area contributed by atoms with E-state index in [0.29, 0.717) is 0 Å². The van der Waals surface area contributed by atoms with E-state index in [9.17, 15) is 0 Å². The van der Waals surface area contributed by atoms with E-state index in [-0.39, 0.29) is 0 Å². The molecule has 0 saturated heterocycles. The summed E-state index contributed by atoms with van der Waals surface area (Å²) in [5.74, 6) is 1.90. The number of nitrogens with one attached hydrogen (secondary N) is 2. The molecule has 118 valence electrons. The zero-order valence-electron chi connectivity index (χ0n) is 13.6. The topological polar surface area (TPSA) is 63.0 Å². The van der Waals surface area contributed by atoms with Gasteiger partial charge in [-0.2, -0.15) is 0 Å². The average Bonchev–Trinajstić information content (AvgIpc) is 2.59. The van der Waals surface area contributed by atoms with Crippen LogP contribution in [0.2, 0.25) is 0 Å². The fourth-order valence-electron chi connectivity index (χ4n) is 2.92. The van der Waals surface area contributed by atoms with Gasteiger partial charge in [0.15, 0.2) is 0 Å². The largest absolute Gasteiger partial charge is 0.497 e.